The highest BCUT2D eigenvalue weighted by Gasteiger charge is 2.28. The standard InChI is InChI=1S/C18H26F3N3O2/c1-3-22-17(24-8-7-15(11-24)12-25-2)23-10-14-5-4-6-16(9-14)26-13-18(19,20)21/h4-6,9,15H,3,7-8,10-13H2,1-2H3,(H,22,23). The third-order valence-electron chi connectivity index (χ3n) is 4.03. The van der Waals surface area contributed by atoms with Crippen LogP contribution in [-0.4, -0.2) is 57.0 Å². The Labute approximate surface area is 152 Å². The Morgan fingerprint density at radius 3 is 2.88 bits per heavy atom. The largest absolute Gasteiger partial charge is 0.484 e. The summed E-state index contributed by atoms with van der Waals surface area (Å²) in [6, 6.07) is 6.61. The lowest BCUT2D eigenvalue weighted by Gasteiger charge is -2.21. The second-order valence-corrected chi connectivity index (χ2v) is 6.28. The smallest absolute Gasteiger partial charge is 0.422 e. The van der Waals surface area contributed by atoms with E-state index in [2.05, 4.69) is 15.2 Å². The van der Waals surface area contributed by atoms with Gasteiger partial charge in [-0.05, 0) is 31.0 Å². The molecule has 0 bridgehead atoms. The molecule has 1 fully saturated rings. The molecule has 26 heavy (non-hydrogen) atoms. The maximum atomic E-state index is 12.3. The second kappa shape index (κ2) is 9.66. The van der Waals surface area contributed by atoms with Crippen molar-refractivity contribution < 1.29 is 22.6 Å². The molecule has 1 N–H and O–H groups in total. The molecular weight excluding hydrogens is 347 g/mol. The van der Waals surface area contributed by atoms with Crippen LogP contribution in [0.1, 0.15) is 18.9 Å². The molecule has 1 atom stereocenters. The van der Waals surface area contributed by atoms with Crippen LogP contribution in [-0.2, 0) is 11.3 Å². The monoisotopic (exact) mass is 373 g/mol. The summed E-state index contributed by atoms with van der Waals surface area (Å²) in [5.41, 5.74) is 0.799. The lowest BCUT2D eigenvalue weighted by atomic mass is 10.1. The van der Waals surface area contributed by atoms with E-state index in [1.165, 1.54) is 6.07 Å². The normalized spacial score (nSPS) is 18.3. The Hall–Kier alpha value is -1.96. The summed E-state index contributed by atoms with van der Waals surface area (Å²) in [6.07, 6.45) is -3.29. The summed E-state index contributed by atoms with van der Waals surface area (Å²) in [4.78, 5) is 6.81. The molecule has 1 aliphatic heterocycles. The van der Waals surface area contributed by atoms with Crippen LogP contribution in [0.3, 0.4) is 0 Å². The molecule has 1 unspecified atom stereocenters. The molecule has 0 aromatic heterocycles. The number of alkyl halides is 3. The van der Waals surface area contributed by atoms with Gasteiger partial charge in [0.15, 0.2) is 12.6 Å². The van der Waals surface area contributed by atoms with Gasteiger partial charge in [0.1, 0.15) is 5.75 Å². The summed E-state index contributed by atoms with van der Waals surface area (Å²) in [7, 11) is 1.70. The number of nitrogens with zero attached hydrogens (tertiary/aromatic N) is 2. The number of halogens is 3. The van der Waals surface area contributed by atoms with Gasteiger partial charge >= 0.3 is 6.18 Å². The number of ether oxygens (including phenoxy) is 2. The average Bonchev–Trinajstić information content (AvgIpc) is 3.05. The lowest BCUT2D eigenvalue weighted by Crippen LogP contribution is -2.40. The number of methoxy groups -OCH3 is 1. The molecule has 1 saturated heterocycles. The van der Waals surface area contributed by atoms with E-state index in [0.717, 1.165) is 44.2 Å². The summed E-state index contributed by atoms with van der Waals surface area (Å²) in [6.45, 7) is 4.36. The van der Waals surface area contributed by atoms with Crippen molar-refractivity contribution in [3.05, 3.63) is 29.8 Å². The van der Waals surface area contributed by atoms with Crippen molar-refractivity contribution in [2.75, 3.05) is 40.0 Å². The Bertz CT molecular complexity index is 593. The summed E-state index contributed by atoms with van der Waals surface area (Å²) in [5, 5.41) is 3.27. The molecule has 0 radical (unpaired) electrons. The van der Waals surface area contributed by atoms with Crippen molar-refractivity contribution >= 4 is 5.96 Å². The fourth-order valence-electron chi connectivity index (χ4n) is 2.89. The average molecular weight is 373 g/mol. The molecular formula is C18H26F3N3O2. The van der Waals surface area contributed by atoms with Crippen LogP contribution < -0.4 is 10.1 Å². The van der Waals surface area contributed by atoms with Gasteiger partial charge in [-0.1, -0.05) is 12.1 Å². The van der Waals surface area contributed by atoms with E-state index in [1.807, 2.05) is 13.0 Å². The van der Waals surface area contributed by atoms with Crippen LogP contribution in [0.4, 0.5) is 13.2 Å². The van der Waals surface area contributed by atoms with Crippen LogP contribution in [0.25, 0.3) is 0 Å². The molecule has 0 amide bonds. The predicted octanol–water partition coefficient (Wildman–Crippen LogP) is 3.06. The van der Waals surface area contributed by atoms with Crippen LogP contribution in [0.2, 0.25) is 0 Å². The quantitative estimate of drug-likeness (QED) is 0.589. The minimum absolute atomic E-state index is 0.196. The topological polar surface area (TPSA) is 46.1 Å². The van der Waals surface area contributed by atoms with Crippen molar-refractivity contribution in [1.82, 2.24) is 10.2 Å². The third kappa shape index (κ3) is 6.74. The van der Waals surface area contributed by atoms with Gasteiger partial charge in [-0.3, -0.25) is 0 Å². The van der Waals surface area contributed by atoms with Crippen molar-refractivity contribution in [2.24, 2.45) is 10.9 Å². The van der Waals surface area contributed by atoms with Crippen LogP contribution in [0.5, 0.6) is 5.75 Å². The first-order valence-electron chi connectivity index (χ1n) is 8.72. The van der Waals surface area contributed by atoms with Crippen LogP contribution >= 0.6 is 0 Å². The highest BCUT2D eigenvalue weighted by atomic mass is 19.4. The maximum Gasteiger partial charge on any atom is 0.422 e. The summed E-state index contributed by atoms with van der Waals surface area (Å²) >= 11 is 0. The molecule has 0 saturated carbocycles. The first-order chi connectivity index (χ1) is 12.4. The number of guanidine groups is 1. The van der Waals surface area contributed by atoms with Gasteiger partial charge in [0.2, 0.25) is 0 Å². The fraction of sp³-hybridized carbons (Fsp3) is 0.611. The van der Waals surface area contributed by atoms with Crippen molar-refractivity contribution in [3.63, 3.8) is 0 Å². The SMILES string of the molecule is CCNC(=NCc1cccc(OCC(F)(F)F)c1)N1CCC(COC)C1. The van der Waals surface area contributed by atoms with E-state index in [4.69, 9.17) is 9.47 Å². The molecule has 0 spiro atoms. The van der Waals surface area contributed by atoms with E-state index in [-0.39, 0.29) is 5.75 Å². The molecule has 1 aromatic carbocycles. The van der Waals surface area contributed by atoms with Gasteiger partial charge in [-0.2, -0.15) is 13.2 Å². The van der Waals surface area contributed by atoms with Gasteiger partial charge in [-0.15, -0.1) is 0 Å². The number of hydrogen-bond donors (Lipinski definition) is 1. The minimum Gasteiger partial charge on any atom is -0.484 e. The Morgan fingerprint density at radius 2 is 2.19 bits per heavy atom. The van der Waals surface area contributed by atoms with E-state index in [0.29, 0.717) is 12.5 Å². The zero-order chi connectivity index (χ0) is 19.0. The van der Waals surface area contributed by atoms with E-state index >= 15 is 0 Å². The summed E-state index contributed by atoms with van der Waals surface area (Å²) in [5.74, 6) is 1.50. The lowest BCUT2D eigenvalue weighted by molar-refractivity contribution is -0.153. The van der Waals surface area contributed by atoms with Gasteiger partial charge in [0, 0.05) is 32.7 Å². The van der Waals surface area contributed by atoms with Gasteiger partial charge < -0.3 is 19.7 Å². The summed E-state index contributed by atoms with van der Waals surface area (Å²) < 4.78 is 46.8. The first kappa shape index (κ1) is 20.4. The highest BCUT2D eigenvalue weighted by molar-refractivity contribution is 5.80. The van der Waals surface area contributed by atoms with Crippen LogP contribution in [0.15, 0.2) is 29.3 Å². The van der Waals surface area contributed by atoms with Gasteiger partial charge in [0.05, 0.1) is 13.2 Å². The van der Waals surface area contributed by atoms with Gasteiger partial charge in [-0.25, -0.2) is 4.99 Å². The Morgan fingerprint density at radius 1 is 1.38 bits per heavy atom. The molecule has 1 aromatic rings. The number of likely N-dealkylation sites (tertiary alicyclic amines) is 1. The predicted molar refractivity (Wildman–Crippen MR) is 94.4 cm³/mol. The number of aliphatic imine (C=N–C) groups is 1. The molecule has 8 heteroatoms. The molecule has 0 aliphatic carbocycles. The number of nitrogens with one attached hydrogen (secondary N) is 1. The zero-order valence-corrected chi connectivity index (χ0v) is 15.2. The molecule has 5 nitrogen and oxygen atoms in total. The number of rotatable bonds is 7. The molecule has 2 rings (SSSR count). The van der Waals surface area contributed by atoms with Crippen molar-refractivity contribution in [3.8, 4) is 5.75 Å². The van der Waals surface area contributed by atoms with Gasteiger partial charge in [0.25, 0.3) is 0 Å². The zero-order valence-electron chi connectivity index (χ0n) is 15.2. The third-order valence-corrected chi connectivity index (χ3v) is 4.03. The minimum atomic E-state index is -4.35. The molecule has 1 heterocycles. The Kier molecular flexibility index (Phi) is 7.56. The van der Waals surface area contributed by atoms with Crippen molar-refractivity contribution in [2.45, 2.75) is 26.1 Å². The molecule has 146 valence electrons. The number of hydrogen-bond acceptors (Lipinski definition) is 3. The first-order valence-corrected chi connectivity index (χ1v) is 8.72. The second-order valence-electron chi connectivity index (χ2n) is 6.28. The fourth-order valence-corrected chi connectivity index (χ4v) is 2.89. The van der Waals surface area contributed by atoms with E-state index in [9.17, 15) is 13.2 Å². The van der Waals surface area contributed by atoms with Crippen molar-refractivity contribution in [1.29, 1.82) is 0 Å². The molecule has 1 aliphatic rings. The Balaban J connectivity index is 1.98. The highest BCUT2D eigenvalue weighted by Crippen LogP contribution is 2.20. The van der Waals surface area contributed by atoms with Crippen LogP contribution in [0, 0.1) is 5.92 Å². The number of benzene rings is 1. The van der Waals surface area contributed by atoms with E-state index < -0.39 is 12.8 Å². The van der Waals surface area contributed by atoms with E-state index in [1.54, 1.807) is 19.2 Å². The maximum absolute atomic E-state index is 12.3.